The van der Waals surface area contributed by atoms with Crippen LogP contribution < -0.4 is 10.6 Å². The predicted octanol–water partition coefficient (Wildman–Crippen LogP) is 2.66. The molecule has 2 heterocycles. The second kappa shape index (κ2) is 9.89. The molecule has 27 heavy (non-hydrogen) atoms. The number of thioether (sulfide) groups is 1. The van der Waals surface area contributed by atoms with Crippen LogP contribution in [0.15, 0.2) is 22.0 Å². The molecule has 2 aromatic heterocycles. The first kappa shape index (κ1) is 19.9. The number of aromatic nitrogens is 3. The fraction of sp³-hybridized carbons (Fsp3) is 0.556. The monoisotopic (exact) mass is 407 g/mol. The van der Waals surface area contributed by atoms with Gasteiger partial charge in [-0.1, -0.05) is 24.6 Å². The number of nitrogens with one attached hydrogen (secondary N) is 2. The number of nitrogens with zero attached hydrogens (tertiary/aromatic N) is 3. The lowest BCUT2D eigenvalue weighted by Gasteiger charge is -2.16. The zero-order chi connectivity index (χ0) is 19.1. The van der Waals surface area contributed by atoms with Crippen LogP contribution in [-0.2, 0) is 11.2 Å². The van der Waals surface area contributed by atoms with Gasteiger partial charge in [0.05, 0.1) is 6.54 Å². The molecule has 0 spiro atoms. The summed E-state index contributed by atoms with van der Waals surface area (Å²) in [6, 6.07) is 2.25. The van der Waals surface area contributed by atoms with Crippen molar-refractivity contribution in [2.75, 3.05) is 19.3 Å². The van der Waals surface area contributed by atoms with Crippen molar-refractivity contribution in [2.24, 2.45) is 0 Å². The van der Waals surface area contributed by atoms with Crippen molar-refractivity contribution >= 4 is 34.9 Å². The average molecular weight is 408 g/mol. The van der Waals surface area contributed by atoms with Gasteiger partial charge < -0.3 is 15.2 Å². The minimum atomic E-state index is -0.222. The number of hydrogen-bond donors (Lipinski definition) is 2. The number of rotatable bonds is 9. The molecule has 0 aromatic carbocycles. The first-order valence-corrected chi connectivity index (χ1v) is 11.4. The molecule has 146 valence electrons. The summed E-state index contributed by atoms with van der Waals surface area (Å²) < 4.78 is 2.29. The highest BCUT2D eigenvalue weighted by Crippen LogP contribution is 2.33. The SMILES string of the molecule is CSc1nnc(CCCNC(=O)CNC(=O)c2ccsc2)n1C1CCCC1. The lowest BCUT2D eigenvalue weighted by molar-refractivity contribution is -0.120. The number of carbonyl (C=O) groups excluding carboxylic acids is 2. The molecular formula is C18H25N5O2S2. The van der Waals surface area contributed by atoms with Gasteiger partial charge in [0.15, 0.2) is 5.16 Å². The molecule has 1 aliphatic rings. The van der Waals surface area contributed by atoms with Crippen LogP contribution in [0.5, 0.6) is 0 Å². The molecule has 0 radical (unpaired) electrons. The highest BCUT2D eigenvalue weighted by molar-refractivity contribution is 7.98. The van der Waals surface area contributed by atoms with E-state index < -0.39 is 0 Å². The van der Waals surface area contributed by atoms with E-state index in [0.29, 0.717) is 18.2 Å². The number of hydrogen-bond acceptors (Lipinski definition) is 6. The molecule has 1 aliphatic carbocycles. The summed E-state index contributed by atoms with van der Waals surface area (Å²) in [5.41, 5.74) is 0.587. The van der Waals surface area contributed by atoms with Gasteiger partial charge in [-0.2, -0.15) is 11.3 Å². The number of thiophene rings is 1. The molecule has 7 nitrogen and oxygen atoms in total. The van der Waals surface area contributed by atoms with Gasteiger partial charge in [0.25, 0.3) is 5.91 Å². The Kier molecular flexibility index (Phi) is 7.28. The van der Waals surface area contributed by atoms with Crippen molar-refractivity contribution in [1.29, 1.82) is 0 Å². The molecule has 0 atom stereocenters. The Bertz CT molecular complexity index is 754. The van der Waals surface area contributed by atoms with Crippen LogP contribution in [-0.4, -0.2) is 45.9 Å². The summed E-state index contributed by atoms with van der Waals surface area (Å²) in [5.74, 6) is 0.604. The molecule has 0 unspecified atom stereocenters. The Morgan fingerprint density at radius 3 is 2.81 bits per heavy atom. The van der Waals surface area contributed by atoms with Crippen LogP contribution in [0.4, 0.5) is 0 Å². The van der Waals surface area contributed by atoms with Gasteiger partial charge in [0.2, 0.25) is 5.91 Å². The molecule has 2 N–H and O–H groups in total. The Hall–Kier alpha value is -1.87. The molecule has 3 rings (SSSR count). The lowest BCUT2D eigenvalue weighted by Crippen LogP contribution is -2.37. The molecule has 0 bridgehead atoms. The van der Waals surface area contributed by atoms with Gasteiger partial charge >= 0.3 is 0 Å². The topological polar surface area (TPSA) is 88.9 Å². The van der Waals surface area contributed by atoms with E-state index >= 15 is 0 Å². The zero-order valence-corrected chi connectivity index (χ0v) is 17.1. The Balaban J connectivity index is 1.40. The zero-order valence-electron chi connectivity index (χ0n) is 15.4. The molecule has 9 heteroatoms. The maximum absolute atomic E-state index is 11.9. The molecule has 1 saturated carbocycles. The maximum Gasteiger partial charge on any atom is 0.252 e. The van der Waals surface area contributed by atoms with Gasteiger partial charge in [-0.3, -0.25) is 9.59 Å². The molecule has 1 fully saturated rings. The fourth-order valence-electron chi connectivity index (χ4n) is 3.34. The summed E-state index contributed by atoms with van der Waals surface area (Å²) in [4.78, 5) is 23.7. The first-order chi connectivity index (χ1) is 13.2. The Morgan fingerprint density at radius 2 is 2.11 bits per heavy atom. The normalized spacial score (nSPS) is 14.4. The van der Waals surface area contributed by atoms with Crippen molar-refractivity contribution in [3.8, 4) is 0 Å². The first-order valence-electron chi connectivity index (χ1n) is 9.24. The number of carbonyl (C=O) groups is 2. The highest BCUT2D eigenvalue weighted by atomic mass is 32.2. The van der Waals surface area contributed by atoms with E-state index in [1.165, 1.54) is 37.0 Å². The van der Waals surface area contributed by atoms with Gasteiger partial charge in [-0.15, -0.1) is 10.2 Å². The van der Waals surface area contributed by atoms with Crippen LogP contribution in [0.1, 0.15) is 54.3 Å². The largest absolute Gasteiger partial charge is 0.355 e. The van der Waals surface area contributed by atoms with E-state index in [1.54, 1.807) is 23.2 Å². The quantitative estimate of drug-likeness (QED) is 0.493. The van der Waals surface area contributed by atoms with Crippen LogP contribution >= 0.6 is 23.1 Å². The van der Waals surface area contributed by atoms with E-state index in [1.807, 2.05) is 11.6 Å². The summed E-state index contributed by atoms with van der Waals surface area (Å²) in [6.45, 7) is 0.544. The Labute approximate surface area is 167 Å². The molecule has 0 aliphatic heterocycles. The molecule has 2 amide bonds. The van der Waals surface area contributed by atoms with Crippen molar-refractivity contribution in [3.63, 3.8) is 0 Å². The van der Waals surface area contributed by atoms with E-state index in [0.717, 1.165) is 23.8 Å². The molecule has 0 saturated heterocycles. The third-order valence-corrected chi connectivity index (χ3v) is 6.03. The molecular weight excluding hydrogens is 382 g/mol. The van der Waals surface area contributed by atoms with E-state index in [9.17, 15) is 9.59 Å². The van der Waals surface area contributed by atoms with Crippen LogP contribution in [0.2, 0.25) is 0 Å². The summed E-state index contributed by atoms with van der Waals surface area (Å²) >= 11 is 3.09. The minimum Gasteiger partial charge on any atom is -0.355 e. The van der Waals surface area contributed by atoms with Crippen molar-refractivity contribution in [1.82, 2.24) is 25.4 Å². The van der Waals surface area contributed by atoms with Crippen LogP contribution in [0.25, 0.3) is 0 Å². The maximum atomic E-state index is 11.9. The van der Waals surface area contributed by atoms with Crippen LogP contribution in [0, 0.1) is 0 Å². The van der Waals surface area contributed by atoms with E-state index in [2.05, 4.69) is 25.4 Å². The third-order valence-electron chi connectivity index (χ3n) is 4.70. The lowest BCUT2D eigenvalue weighted by atomic mass is 10.2. The van der Waals surface area contributed by atoms with Crippen molar-refractivity contribution < 1.29 is 9.59 Å². The smallest absolute Gasteiger partial charge is 0.252 e. The third kappa shape index (κ3) is 5.32. The number of amides is 2. The minimum absolute atomic E-state index is 0.0104. The fourth-order valence-corrected chi connectivity index (χ4v) is 4.55. The van der Waals surface area contributed by atoms with Crippen molar-refractivity contribution in [3.05, 3.63) is 28.2 Å². The summed E-state index contributed by atoms with van der Waals surface area (Å²) in [5, 5.41) is 18.7. The number of aryl methyl sites for hydroxylation is 1. The second-order valence-corrected chi connectivity index (χ2v) is 8.11. The standard InChI is InChI=1S/C18H25N5O2S2/c1-26-18-22-21-15(23(18)14-5-2-3-6-14)7-4-9-19-16(24)11-20-17(25)13-8-10-27-12-13/h8,10,12,14H,2-7,9,11H2,1H3,(H,19,24)(H,20,25). The van der Waals surface area contributed by atoms with Gasteiger partial charge in [-0.25, -0.2) is 0 Å². The molecule has 2 aromatic rings. The summed E-state index contributed by atoms with van der Waals surface area (Å²) in [7, 11) is 0. The highest BCUT2D eigenvalue weighted by Gasteiger charge is 2.23. The van der Waals surface area contributed by atoms with Crippen molar-refractivity contribution in [2.45, 2.75) is 49.7 Å². The Morgan fingerprint density at radius 1 is 1.30 bits per heavy atom. The predicted molar refractivity (Wildman–Crippen MR) is 107 cm³/mol. The van der Waals surface area contributed by atoms with Gasteiger partial charge in [0, 0.05) is 30.0 Å². The second-order valence-electron chi connectivity index (χ2n) is 6.56. The average Bonchev–Trinajstić information content (AvgIpc) is 3.43. The van der Waals surface area contributed by atoms with E-state index in [-0.39, 0.29) is 18.4 Å². The van der Waals surface area contributed by atoms with Gasteiger partial charge in [-0.05, 0) is 37.0 Å². The van der Waals surface area contributed by atoms with Crippen LogP contribution in [0.3, 0.4) is 0 Å². The van der Waals surface area contributed by atoms with Gasteiger partial charge in [0.1, 0.15) is 5.82 Å². The summed E-state index contributed by atoms with van der Waals surface area (Å²) in [6.07, 6.45) is 8.53. The van der Waals surface area contributed by atoms with E-state index in [4.69, 9.17) is 0 Å².